The second-order valence-electron chi connectivity index (χ2n) is 5.59. The summed E-state index contributed by atoms with van der Waals surface area (Å²) < 4.78 is 5.90. The average Bonchev–Trinajstić information content (AvgIpc) is 2.97. The zero-order valence-electron chi connectivity index (χ0n) is 14.8. The lowest BCUT2D eigenvalue weighted by molar-refractivity contribution is 0.533. The minimum absolute atomic E-state index is 0.549. The van der Waals surface area contributed by atoms with Gasteiger partial charge >= 0.3 is 0 Å². The Hall–Kier alpha value is -3.13. The van der Waals surface area contributed by atoms with E-state index in [2.05, 4.69) is 49.8 Å². The number of hydrogen-bond donors (Lipinski definition) is 0. The number of oxazole rings is 1. The predicted molar refractivity (Wildman–Crippen MR) is 108 cm³/mol. The number of hydrogen-bond acceptors (Lipinski definition) is 2. The van der Waals surface area contributed by atoms with Gasteiger partial charge in [0, 0.05) is 5.57 Å². The van der Waals surface area contributed by atoms with Crippen LogP contribution in [0.3, 0.4) is 0 Å². The van der Waals surface area contributed by atoms with Crippen LogP contribution in [-0.4, -0.2) is 4.98 Å². The number of aromatic nitrogens is 1. The van der Waals surface area contributed by atoms with Crippen molar-refractivity contribution in [2.75, 3.05) is 0 Å². The molecule has 2 aromatic rings. The summed E-state index contributed by atoms with van der Waals surface area (Å²) in [7, 11) is 0. The van der Waals surface area contributed by atoms with Gasteiger partial charge < -0.3 is 4.42 Å². The maximum Gasteiger partial charge on any atom is 0.226 e. The van der Waals surface area contributed by atoms with E-state index in [1.807, 2.05) is 43.4 Å². The van der Waals surface area contributed by atoms with Gasteiger partial charge in [-0.05, 0) is 37.1 Å². The van der Waals surface area contributed by atoms with E-state index in [-0.39, 0.29) is 0 Å². The predicted octanol–water partition coefficient (Wildman–Crippen LogP) is 6.33. The van der Waals surface area contributed by atoms with Crippen molar-refractivity contribution in [1.82, 2.24) is 4.98 Å². The smallest absolute Gasteiger partial charge is 0.226 e. The van der Waals surface area contributed by atoms with Crippen molar-refractivity contribution >= 4 is 17.2 Å². The summed E-state index contributed by atoms with van der Waals surface area (Å²) in [5.41, 5.74) is 4.96. The van der Waals surface area contributed by atoms with Gasteiger partial charge in [-0.3, -0.25) is 0 Å². The standard InChI is InChI=1S/C23H23NO/c1-6-9-14-22-18(5)24-23(25-22)21(11-7-2)16-19(8-3)20-13-10-12-17(4)15-20/h6-16H,1-3H2,4-5H3/b14-9-,19-16+,21-11+. The van der Waals surface area contributed by atoms with Crippen molar-refractivity contribution in [3.05, 3.63) is 109 Å². The molecular weight excluding hydrogens is 306 g/mol. The number of benzene rings is 1. The van der Waals surface area contributed by atoms with Gasteiger partial charge in [0.05, 0.1) is 5.69 Å². The Morgan fingerprint density at radius 2 is 1.88 bits per heavy atom. The minimum Gasteiger partial charge on any atom is -0.436 e. The first-order valence-corrected chi connectivity index (χ1v) is 8.09. The van der Waals surface area contributed by atoms with Gasteiger partial charge in [-0.25, -0.2) is 4.98 Å². The summed E-state index contributed by atoms with van der Waals surface area (Å²) >= 11 is 0. The monoisotopic (exact) mass is 329 g/mol. The number of allylic oxidation sites excluding steroid dienone is 8. The topological polar surface area (TPSA) is 26.0 Å². The quantitative estimate of drug-likeness (QED) is 0.555. The molecule has 0 bridgehead atoms. The zero-order chi connectivity index (χ0) is 18.2. The van der Waals surface area contributed by atoms with Gasteiger partial charge in [0.1, 0.15) is 0 Å². The van der Waals surface area contributed by atoms with Gasteiger partial charge in [-0.1, -0.05) is 79.9 Å². The molecule has 0 unspecified atom stereocenters. The second-order valence-corrected chi connectivity index (χ2v) is 5.59. The molecule has 2 rings (SSSR count). The molecule has 0 aliphatic heterocycles. The highest BCUT2D eigenvalue weighted by atomic mass is 16.4. The molecule has 0 aliphatic carbocycles. The molecular formula is C23H23NO. The summed E-state index contributed by atoms with van der Waals surface area (Å²) in [6.07, 6.45) is 12.8. The van der Waals surface area contributed by atoms with E-state index < -0.39 is 0 Å². The highest BCUT2D eigenvalue weighted by Crippen LogP contribution is 2.25. The molecule has 0 amide bonds. The largest absolute Gasteiger partial charge is 0.436 e. The minimum atomic E-state index is 0.549. The first-order valence-electron chi connectivity index (χ1n) is 8.09. The van der Waals surface area contributed by atoms with Gasteiger partial charge in [0.25, 0.3) is 0 Å². The molecule has 0 fully saturated rings. The molecule has 1 aromatic carbocycles. The van der Waals surface area contributed by atoms with Crippen molar-refractivity contribution in [2.45, 2.75) is 13.8 Å². The van der Waals surface area contributed by atoms with E-state index in [0.29, 0.717) is 11.7 Å². The lowest BCUT2D eigenvalue weighted by Crippen LogP contribution is -1.86. The Morgan fingerprint density at radius 3 is 2.52 bits per heavy atom. The Kier molecular flexibility index (Phi) is 6.30. The van der Waals surface area contributed by atoms with Crippen LogP contribution in [-0.2, 0) is 0 Å². The lowest BCUT2D eigenvalue weighted by atomic mass is 10.0. The summed E-state index contributed by atoms with van der Waals surface area (Å²) in [6.45, 7) is 15.4. The summed E-state index contributed by atoms with van der Waals surface area (Å²) in [6, 6.07) is 8.29. The van der Waals surface area contributed by atoms with E-state index in [0.717, 1.165) is 22.4 Å². The van der Waals surface area contributed by atoms with Crippen molar-refractivity contribution < 1.29 is 4.42 Å². The highest BCUT2D eigenvalue weighted by Gasteiger charge is 2.11. The Bertz CT molecular complexity index is 875. The number of rotatable bonds is 7. The molecule has 2 heteroatoms. The number of nitrogens with zero attached hydrogens (tertiary/aromatic N) is 1. The molecule has 0 spiro atoms. The van der Waals surface area contributed by atoms with Crippen molar-refractivity contribution in [1.29, 1.82) is 0 Å². The molecule has 25 heavy (non-hydrogen) atoms. The van der Waals surface area contributed by atoms with Crippen LogP contribution >= 0.6 is 0 Å². The second kappa shape index (κ2) is 8.65. The maximum absolute atomic E-state index is 5.90. The summed E-state index contributed by atoms with van der Waals surface area (Å²) in [4.78, 5) is 4.53. The summed E-state index contributed by atoms with van der Waals surface area (Å²) in [5.74, 6) is 1.27. The van der Waals surface area contributed by atoms with Crippen LogP contribution < -0.4 is 0 Å². The highest BCUT2D eigenvalue weighted by molar-refractivity contribution is 5.86. The van der Waals surface area contributed by atoms with Gasteiger partial charge in [-0.2, -0.15) is 0 Å². The van der Waals surface area contributed by atoms with E-state index in [1.165, 1.54) is 5.56 Å². The van der Waals surface area contributed by atoms with Crippen molar-refractivity contribution in [2.24, 2.45) is 0 Å². The molecule has 1 heterocycles. The van der Waals surface area contributed by atoms with Crippen LogP contribution in [0.2, 0.25) is 0 Å². The van der Waals surface area contributed by atoms with Gasteiger partial charge in [0.15, 0.2) is 5.76 Å². The van der Waals surface area contributed by atoms with E-state index >= 15 is 0 Å². The lowest BCUT2D eigenvalue weighted by Gasteiger charge is -2.05. The van der Waals surface area contributed by atoms with E-state index in [1.54, 1.807) is 12.2 Å². The van der Waals surface area contributed by atoms with Gasteiger partial charge in [-0.15, -0.1) is 0 Å². The molecule has 1 aromatic heterocycles. The third kappa shape index (κ3) is 4.67. The Morgan fingerprint density at radius 1 is 1.08 bits per heavy atom. The summed E-state index contributed by atoms with van der Waals surface area (Å²) in [5, 5.41) is 0. The molecule has 0 saturated heterocycles. The van der Waals surface area contributed by atoms with Crippen LogP contribution in [0, 0.1) is 13.8 Å². The van der Waals surface area contributed by atoms with Gasteiger partial charge in [0.2, 0.25) is 5.89 Å². The van der Waals surface area contributed by atoms with E-state index in [9.17, 15) is 0 Å². The van der Waals surface area contributed by atoms with Crippen LogP contribution in [0.15, 0.2) is 84.9 Å². The Labute approximate surface area is 149 Å². The molecule has 0 N–H and O–H groups in total. The molecule has 126 valence electrons. The fraction of sp³-hybridized carbons (Fsp3) is 0.0870. The molecule has 0 atom stereocenters. The van der Waals surface area contributed by atoms with E-state index in [4.69, 9.17) is 4.42 Å². The average molecular weight is 329 g/mol. The molecule has 0 aliphatic rings. The van der Waals surface area contributed by atoms with Crippen LogP contribution in [0.25, 0.3) is 17.2 Å². The van der Waals surface area contributed by atoms with Crippen LogP contribution in [0.5, 0.6) is 0 Å². The fourth-order valence-electron chi connectivity index (χ4n) is 2.40. The maximum atomic E-state index is 5.90. The van der Waals surface area contributed by atoms with Crippen molar-refractivity contribution in [3.63, 3.8) is 0 Å². The zero-order valence-corrected chi connectivity index (χ0v) is 14.8. The Balaban J connectivity index is 2.49. The van der Waals surface area contributed by atoms with Crippen LogP contribution in [0.1, 0.15) is 28.5 Å². The molecule has 0 saturated carbocycles. The molecule has 2 nitrogen and oxygen atoms in total. The third-order valence-corrected chi connectivity index (χ3v) is 3.64. The first kappa shape index (κ1) is 18.2. The number of aryl methyl sites for hydroxylation is 2. The SMILES string of the molecule is C=C/C=C\c1oc(C(/C=C(\C=C)c2cccc(C)c2)=C/C=C)nc1C. The van der Waals surface area contributed by atoms with Crippen LogP contribution in [0.4, 0.5) is 0 Å². The first-order chi connectivity index (χ1) is 12.1. The normalized spacial score (nSPS) is 12.4. The molecule has 0 radical (unpaired) electrons. The van der Waals surface area contributed by atoms with Crippen molar-refractivity contribution in [3.8, 4) is 0 Å². The fourth-order valence-corrected chi connectivity index (χ4v) is 2.40. The third-order valence-electron chi connectivity index (χ3n) is 3.64.